The molecule has 2 aliphatic carbocycles. The van der Waals surface area contributed by atoms with Crippen LogP contribution in [-0.4, -0.2) is 7.63 Å². The number of rotatable bonds is 8. The molecule has 186 valence electrons. The van der Waals surface area contributed by atoms with Crippen molar-refractivity contribution >= 4 is 32.4 Å². The van der Waals surface area contributed by atoms with E-state index < -0.39 is 14.0 Å². The van der Waals surface area contributed by atoms with Gasteiger partial charge in [0.25, 0.3) is 0 Å². The van der Waals surface area contributed by atoms with Gasteiger partial charge in [0.15, 0.2) is 0 Å². The minimum atomic E-state index is -3.02. The molecule has 0 saturated heterocycles. The number of unbranched alkanes of at least 4 members (excludes halogenated alkanes) is 2. The largest absolute Gasteiger partial charge is 0.147 e. The van der Waals surface area contributed by atoms with E-state index >= 15 is 0 Å². The second-order valence-electron chi connectivity index (χ2n) is 13.1. The fourth-order valence-corrected chi connectivity index (χ4v) is 15.2. The van der Waals surface area contributed by atoms with Crippen LogP contribution in [0.15, 0.2) is 42.2 Å². The van der Waals surface area contributed by atoms with E-state index in [4.69, 9.17) is 0 Å². The van der Waals surface area contributed by atoms with Crippen molar-refractivity contribution in [3.63, 3.8) is 0 Å². The third-order valence-electron chi connectivity index (χ3n) is 7.41. The Labute approximate surface area is 215 Å². The monoisotopic (exact) mass is 534 g/mol. The van der Waals surface area contributed by atoms with E-state index in [1.54, 1.807) is 22.3 Å². The van der Waals surface area contributed by atoms with E-state index in [1.807, 2.05) is 7.76 Å². The molecule has 0 N–H and O–H groups in total. The predicted octanol–water partition coefficient (Wildman–Crippen LogP) is 9.80. The fraction of sp³-hybridized carbons (Fsp3) is 0.714. The van der Waals surface area contributed by atoms with Gasteiger partial charge < -0.3 is 0 Å². The van der Waals surface area contributed by atoms with Crippen molar-refractivity contribution in [3.05, 3.63) is 42.2 Å². The van der Waals surface area contributed by atoms with Gasteiger partial charge in [-0.2, -0.15) is 0 Å². The summed E-state index contributed by atoms with van der Waals surface area (Å²) >= 11 is -3.02. The van der Waals surface area contributed by atoms with Crippen LogP contribution in [0.25, 0.3) is 0 Å². The van der Waals surface area contributed by atoms with E-state index in [0.29, 0.717) is 0 Å². The van der Waals surface area contributed by atoms with Crippen LogP contribution in [0.1, 0.15) is 107 Å². The van der Waals surface area contributed by atoms with Gasteiger partial charge in [-0.25, -0.2) is 0 Å². The first-order chi connectivity index (χ1) is 13.6. The average Bonchev–Trinajstić information content (AvgIpc) is 3.22. The molecule has 0 bridgehead atoms. The Morgan fingerprint density at radius 3 is 1.28 bits per heavy atom. The van der Waals surface area contributed by atoms with E-state index in [9.17, 15) is 0 Å². The molecule has 4 heteroatoms. The maximum atomic E-state index is 2.74. The van der Waals surface area contributed by atoms with Gasteiger partial charge in [-0.3, -0.25) is 0 Å². The second kappa shape index (κ2) is 11.5. The minimum Gasteiger partial charge on any atom is -0.147 e. The molecule has 0 unspecified atom stereocenters. The van der Waals surface area contributed by atoms with Gasteiger partial charge in [-0.15, -0.1) is 24.8 Å². The van der Waals surface area contributed by atoms with E-state index in [0.717, 1.165) is 0 Å². The molecule has 0 aromatic heterocycles. The van der Waals surface area contributed by atoms with Crippen molar-refractivity contribution in [3.8, 4) is 0 Å². The molecule has 0 radical (unpaired) electrons. The molecular formula is C28H52Cl2SiTi. The van der Waals surface area contributed by atoms with Crippen LogP contribution in [0.3, 0.4) is 0 Å². The van der Waals surface area contributed by atoms with Crippen molar-refractivity contribution in [2.24, 2.45) is 10.8 Å². The minimum absolute atomic E-state index is 0. The summed E-state index contributed by atoms with van der Waals surface area (Å²) in [5.74, 6) is 0. The van der Waals surface area contributed by atoms with Crippen LogP contribution in [0, 0.1) is 10.8 Å². The first-order valence-electron chi connectivity index (χ1n) is 12.5. The molecule has 2 aliphatic rings. The smallest absolute Gasteiger partial charge is 0.147 e. The van der Waals surface area contributed by atoms with Crippen molar-refractivity contribution in [1.29, 1.82) is 0 Å². The van der Waals surface area contributed by atoms with Crippen LogP contribution in [0.5, 0.6) is 0 Å². The Bertz CT molecular complexity index is 798. The summed E-state index contributed by atoms with van der Waals surface area (Å²) in [5, 5.41) is 5.48. The SMILES string of the molecule is CCCCC1=CC(C(C)(C)C)=[C]([Ti]([CH3])([CH3])(=[SiH2])[C]2=C(C(C)(C)C)C=C(CCCC)C2)C1.Cl.Cl. The van der Waals surface area contributed by atoms with Gasteiger partial charge in [0, 0.05) is 0 Å². The summed E-state index contributed by atoms with van der Waals surface area (Å²) in [7, 11) is 2.45. The maximum absolute atomic E-state index is 3.02. The molecule has 0 spiro atoms. The molecule has 0 fully saturated rings. The molecule has 0 atom stereocenters. The summed E-state index contributed by atoms with van der Waals surface area (Å²) in [6.45, 7) is 19.3. The molecule has 0 saturated carbocycles. The first-order valence-corrected chi connectivity index (χ1v) is 21.2. The van der Waals surface area contributed by atoms with E-state index in [-0.39, 0.29) is 35.6 Å². The summed E-state index contributed by atoms with van der Waals surface area (Å²) < 4.78 is 3.76. The van der Waals surface area contributed by atoms with Gasteiger partial charge in [0.2, 0.25) is 0 Å². The number of hydrogen-bond acceptors (Lipinski definition) is 0. The van der Waals surface area contributed by atoms with Crippen LogP contribution >= 0.6 is 24.8 Å². The fourth-order valence-electron chi connectivity index (χ4n) is 5.41. The number of halogens is 2. The molecule has 32 heavy (non-hydrogen) atoms. The third kappa shape index (κ3) is 7.24. The van der Waals surface area contributed by atoms with Crippen molar-refractivity contribution in [2.75, 3.05) is 0 Å². The zero-order valence-electron chi connectivity index (χ0n) is 22.8. The zero-order chi connectivity index (χ0) is 23.0. The molecular weight excluding hydrogens is 483 g/mol. The van der Waals surface area contributed by atoms with Crippen molar-refractivity contribution < 1.29 is 14.0 Å². The molecule has 0 aromatic rings. The average molecular weight is 536 g/mol. The standard InChI is InChI=1S/2C13H21.2CH3.2ClH.H2Si.Ti/c2*1-5-6-7-11-8-9-12(10-11)13(2,3)4;;;;;;/h2*10H,5-8H2,1-4H3;2*1H3;2*1H;1H2;. The first kappa shape index (κ1) is 32.5. The predicted molar refractivity (Wildman–Crippen MR) is 152 cm³/mol. The van der Waals surface area contributed by atoms with Crippen LogP contribution in [0.4, 0.5) is 0 Å². The second-order valence-corrected chi connectivity index (χ2v) is 32.2. The Morgan fingerprint density at radius 2 is 1.03 bits per heavy atom. The molecule has 2 rings (SSSR count). The summed E-state index contributed by atoms with van der Waals surface area (Å²) in [4.78, 5) is 0. The Morgan fingerprint density at radius 1 is 0.719 bits per heavy atom. The van der Waals surface area contributed by atoms with E-state index in [1.165, 1.54) is 51.4 Å². The number of allylic oxidation sites excluding steroid dienone is 8. The molecule has 0 nitrogen and oxygen atoms in total. The maximum Gasteiger partial charge on any atom is -0.147 e. The Kier molecular flexibility index (Phi) is 11.6. The van der Waals surface area contributed by atoms with E-state index in [2.05, 4.69) is 85.6 Å². The van der Waals surface area contributed by atoms with Gasteiger partial charge in [-0.1, -0.05) is 0 Å². The van der Waals surface area contributed by atoms with Crippen molar-refractivity contribution in [2.45, 2.75) is 117 Å². The normalized spacial score (nSPS) is 17.8. The zero-order valence-corrected chi connectivity index (χ0v) is 27.4. The van der Waals surface area contributed by atoms with Crippen LogP contribution in [-0.2, 0) is 14.0 Å². The molecule has 0 heterocycles. The quantitative estimate of drug-likeness (QED) is 0.271. The summed E-state index contributed by atoms with van der Waals surface area (Å²) in [6.07, 6.45) is 15.6. The van der Waals surface area contributed by atoms with Crippen LogP contribution < -0.4 is 0 Å². The van der Waals surface area contributed by atoms with Gasteiger partial charge >= 0.3 is 192 Å². The number of hydrogen-bond donors (Lipinski definition) is 0. The Balaban J connectivity index is 0.00000480. The topological polar surface area (TPSA) is 0 Å². The van der Waals surface area contributed by atoms with Gasteiger partial charge in [-0.05, 0) is 0 Å². The molecule has 0 aromatic carbocycles. The summed E-state index contributed by atoms with van der Waals surface area (Å²) in [6, 6.07) is 0. The van der Waals surface area contributed by atoms with Gasteiger partial charge in [0.1, 0.15) is 0 Å². The molecule has 0 aliphatic heterocycles. The third-order valence-corrected chi connectivity index (χ3v) is 18.4. The Hall–Kier alpha value is 0.471. The summed E-state index contributed by atoms with van der Waals surface area (Å²) in [5.41, 5.74) is 7.26. The van der Waals surface area contributed by atoms with Gasteiger partial charge in [0.05, 0.1) is 0 Å². The van der Waals surface area contributed by atoms with Crippen molar-refractivity contribution in [1.82, 2.24) is 0 Å². The van der Waals surface area contributed by atoms with Crippen LogP contribution in [0.2, 0.25) is 10.5 Å². The molecule has 0 amide bonds.